The molecule has 3 rings (SSSR count). The maximum absolute atomic E-state index is 11.9. The van der Waals surface area contributed by atoms with E-state index < -0.39 is 10.9 Å². The van der Waals surface area contributed by atoms with Crippen LogP contribution < -0.4 is 0 Å². The molecule has 0 N–H and O–H groups in total. The standard InChI is InChI=1S/C16H9BrN2O4/c17-12-8-10(6-7-14(12)19(21)22)9-13-16(20)23-15(18-13)11-4-2-1-3-5-11/h1-9H/b13-9-. The Balaban J connectivity index is 1.93. The van der Waals surface area contributed by atoms with Crippen LogP contribution in [0.5, 0.6) is 0 Å². The van der Waals surface area contributed by atoms with Crippen LogP contribution >= 0.6 is 15.9 Å². The maximum Gasteiger partial charge on any atom is 0.363 e. The number of hydrogen-bond donors (Lipinski definition) is 0. The molecule has 0 aliphatic carbocycles. The van der Waals surface area contributed by atoms with Crippen molar-refractivity contribution in [1.29, 1.82) is 0 Å². The van der Waals surface area contributed by atoms with Crippen LogP contribution in [0.1, 0.15) is 11.1 Å². The quantitative estimate of drug-likeness (QED) is 0.356. The van der Waals surface area contributed by atoms with Crippen molar-refractivity contribution in [2.75, 3.05) is 0 Å². The first-order valence-corrected chi connectivity index (χ1v) is 7.36. The highest BCUT2D eigenvalue weighted by Gasteiger charge is 2.24. The van der Waals surface area contributed by atoms with E-state index in [0.717, 1.165) is 0 Å². The van der Waals surface area contributed by atoms with Crippen LogP contribution in [0.2, 0.25) is 0 Å². The Morgan fingerprint density at radius 1 is 1.17 bits per heavy atom. The average molecular weight is 373 g/mol. The molecule has 7 heteroatoms. The molecule has 1 aliphatic heterocycles. The van der Waals surface area contributed by atoms with Gasteiger partial charge in [0.05, 0.1) is 9.40 Å². The Labute approximate surface area is 139 Å². The molecule has 0 saturated heterocycles. The molecule has 1 heterocycles. The Morgan fingerprint density at radius 3 is 2.57 bits per heavy atom. The van der Waals surface area contributed by atoms with E-state index in [-0.39, 0.29) is 17.3 Å². The molecule has 0 unspecified atom stereocenters. The second kappa shape index (κ2) is 6.13. The third kappa shape index (κ3) is 3.19. The lowest BCUT2D eigenvalue weighted by Crippen LogP contribution is -2.04. The van der Waals surface area contributed by atoms with Gasteiger partial charge in [-0.1, -0.05) is 18.2 Å². The minimum atomic E-state index is -0.557. The van der Waals surface area contributed by atoms with E-state index in [1.807, 2.05) is 18.2 Å². The van der Waals surface area contributed by atoms with E-state index in [0.29, 0.717) is 15.6 Å². The smallest absolute Gasteiger partial charge is 0.363 e. The SMILES string of the molecule is O=C1OC(c2ccccc2)=N/C1=C\c1ccc([N+](=O)[O-])c(Br)c1. The zero-order valence-corrected chi connectivity index (χ0v) is 13.2. The third-order valence-electron chi connectivity index (χ3n) is 3.11. The summed E-state index contributed by atoms with van der Waals surface area (Å²) in [6.07, 6.45) is 1.52. The normalized spacial score (nSPS) is 15.4. The van der Waals surface area contributed by atoms with Gasteiger partial charge in [0.15, 0.2) is 5.70 Å². The summed E-state index contributed by atoms with van der Waals surface area (Å²) in [5.74, 6) is -0.318. The number of halogens is 1. The lowest BCUT2D eigenvalue weighted by Gasteiger charge is -1.98. The van der Waals surface area contributed by atoms with Crippen LogP contribution in [0.15, 0.2) is 63.7 Å². The van der Waals surface area contributed by atoms with E-state index in [2.05, 4.69) is 20.9 Å². The van der Waals surface area contributed by atoms with Crippen LogP contribution in [-0.2, 0) is 9.53 Å². The first-order valence-electron chi connectivity index (χ1n) is 6.56. The number of carbonyl (C=O) groups excluding carboxylic acids is 1. The van der Waals surface area contributed by atoms with Crippen molar-refractivity contribution in [3.63, 3.8) is 0 Å². The predicted octanol–water partition coefficient (Wildman–Crippen LogP) is 3.70. The van der Waals surface area contributed by atoms with Crippen molar-refractivity contribution in [2.45, 2.75) is 0 Å². The highest BCUT2D eigenvalue weighted by Crippen LogP contribution is 2.27. The van der Waals surface area contributed by atoms with Gasteiger partial charge in [-0.15, -0.1) is 0 Å². The number of carbonyl (C=O) groups is 1. The fourth-order valence-electron chi connectivity index (χ4n) is 2.03. The van der Waals surface area contributed by atoms with E-state index in [1.54, 1.807) is 24.3 Å². The lowest BCUT2D eigenvalue weighted by molar-refractivity contribution is -0.385. The molecule has 6 nitrogen and oxygen atoms in total. The molecular weight excluding hydrogens is 364 g/mol. The molecule has 0 aromatic heterocycles. The minimum Gasteiger partial charge on any atom is -0.402 e. The summed E-state index contributed by atoms with van der Waals surface area (Å²) < 4.78 is 5.48. The van der Waals surface area contributed by atoms with E-state index in [9.17, 15) is 14.9 Å². The molecule has 0 atom stereocenters. The van der Waals surface area contributed by atoms with Crippen molar-refractivity contribution in [3.05, 3.63) is 79.9 Å². The van der Waals surface area contributed by atoms with Gasteiger partial charge in [-0.25, -0.2) is 9.79 Å². The van der Waals surface area contributed by atoms with Crippen molar-refractivity contribution >= 4 is 39.6 Å². The van der Waals surface area contributed by atoms with Crippen molar-refractivity contribution < 1.29 is 14.5 Å². The first kappa shape index (κ1) is 15.1. The third-order valence-corrected chi connectivity index (χ3v) is 3.75. The summed E-state index contributed by atoms with van der Waals surface area (Å²) in [5.41, 5.74) is 1.40. The second-order valence-electron chi connectivity index (χ2n) is 4.67. The number of ether oxygens (including phenoxy) is 1. The van der Waals surface area contributed by atoms with Gasteiger partial charge in [-0.3, -0.25) is 10.1 Å². The van der Waals surface area contributed by atoms with Gasteiger partial charge in [0.2, 0.25) is 5.90 Å². The number of nitro benzene ring substituents is 1. The van der Waals surface area contributed by atoms with Crippen LogP contribution in [-0.4, -0.2) is 16.8 Å². The molecule has 0 fully saturated rings. The van der Waals surface area contributed by atoms with E-state index in [1.165, 1.54) is 12.1 Å². The number of rotatable bonds is 3. The number of cyclic esters (lactones) is 1. The Kier molecular flexibility index (Phi) is 4.03. The molecular formula is C16H9BrN2O4. The fourth-order valence-corrected chi connectivity index (χ4v) is 2.57. The number of aliphatic imine (C=N–C) groups is 1. The van der Waals surface area contributed by atoms with Crippen molar-refractivity contribution in [3.8, 4) is 0 Å². The Hall–Kier alpha value is -2.80. The second-order valence-corrected chi connectivity index (χ2v) is 5.52. The molecule has 114 valence electrons. The molecule has 0 saturated carbocycles. The summed E-state index contributed by atoms with van der Waals surface area (Å²) in [7, 11) is 0. The fraction of sp³-hybridized carbons (Fsp3) is 0. The first-order chi connectivity index (χ1) is 11.0. The number of nitro groups is 1. The summed E-state index contributed by atoms with van der Waals surface area (Å²) in [6, 6.07) is 13.5. The largest absolute Gasteiger partial charge is 0.402 e. The van der Waals surface area contributed by atoms with Crippen molar-refractivity contribution in [2.24, 2.45) is 4.99 Å². The topological polar surface area (TPSA) is 81.8 Å². The van der Waals surface area contributed by atoms with Gasteiger partial charge in [0, 0.05) is 11.6 Å². The van der Waals surface area contributed by atoms with Crippen LogP contribution in [0.3, 0.4) is 0 Å². The van der Waals surface area contributed by atoms with Crippen molar-refractivity contribution in [1.82, 2.24) is 0 Å². The molecule has 0 radical (unpaired) electrons. The van der Waals surface area contributed by atoms with Gasteiger partial charge in [-0.2, -0.15) is 0 Å². The number of esters is 1. The average Bonchev–Trinajstić information content (AvgIpc) is 2.89. The van der Waals surface area contributed by atoms with E-state index >= 15 is 0 Å². The predicted molar refractivity (Wildman–Crippen MR) is 87.8 cm³/mol. The molecule has 1 aliphatic rings. The number of benzene rings is 2. The van der Waals surface area contributed by atoms with Gasteiger partial charge < -0.3 is 4.74 Å². The Bertz CT molecular complexity index is 860. The zero-order chi connectivity index (χ0) is 16.4. The summed E-state index contributed by atoms with van der Waals surface area (Å²) in [5, 5.41) is 10.8. The molecule has 0 amide bonds. The molecule has 2 aromatic carbocycles. The van der Waals surface area contributed by atoms with Crippen LogP contribution in [0.4, 0.5) is 5.69 Å². The van der Waals surface area contributed by atoms with Gasteiger partial charge in [0.1, 0.15) is 0 Å². The van der Waals surface area contributed by atoms with Gasteiger partial charge >= 0.3 is 5.97 Å². The summed E-state index contributed by atoms with van der Waals surface area (Å²) in [6.45, 7) is 0. The maximum atomic E-state index is 11.9. The van der Waals surface area contributed by atoms with E-state index in [4.69, 9.17) is 4.74 Å². The van der Waals surface area contributed by atoms with Crippen LogP contribution in [0, 0.1) is 10.1 Å². The minimum absolute atomic E-state index is 0.0466. The highest BCUT2D eigenvalue weighted by molar-refractivity contribution is 9.10. The zero-order valence-electron chi connectivity index (χ0n) is 11.6. The molecule has 2 aromatic rings. The highest BCUT2D eigenvalue weighted by atomic mass is 79.9. The number of hydrogen-bond acceptors (Lipinski definition) is 5. The molecule has 23 heavy (non-hydrogen) atoms. The monoisotopic (exact) mass is 372 g/mol. The summed E-state index contributed by atoms with van der Waals surface area (Å²) >= 11 is 3.14. The molecule has 0 spiro atoms. The number of nitrogens with zero attached hydrogens (tertiary/aromatic N) is 2. The molecule has 0 bridgehead atoms. The lowest BCUT2D eigenvalue weighted by atomic mass is 10.2. The van der Waals surface area contributed by atoms with Crippen LogP contribution in [0.25, 0.3) is 6.08 Å². The Morgan fingerprint density at radius 2 is 1.91 bits per heavy atom. The van der Waals surface area contributed by atoms with Gasteiger partial charge in [-0.05, 0) is 51.8 Å². The summed E-state index contributed by atoms with van der Waals surface area (Å²) in [4.78, 5) is 26.4. The van der Waals surface area contributed by atoms with Gasteiger partial charge in [0.25, 0.3) is 5.69 Å².